The summed E-state index contributed by atoms with van der Waals surface area (Å²) in [6.45, 7) is 1.75. The quantitative estimate of drug-likeness (QED) is 0.608. The summed E-state index contributed by atoms with van der Waals surface area (Å²) in [6.07, 6.45) is 3.22. The molecule has 0 amide bonds. The molecule has 8 heteroatoms. The number of nitrogen functional groups attached to an aromatic ring is 1. The van der Waals surface area contributed by atoms with E-state index in [0.29, 0.717) is 22.2 Å². The molecular formula is C17H17FN4O2S. The summed E-state index contributed by atoms with van der Waals surface area (Å²) in [5.74, 6) is -0.313. The second-order valence-corrected chi connectivity index (χ2v) is 7.26. The van der Waals surface area contributed by atoms with Crippen molar-refractivity contribution in [1.29, 1.82) is 0 Å². The van der Waals surface area contributed by atoms with Crippen molar-refractivity contribution in [3.05, 3.63) is 54.4 Å². The summed E-state index contributed by atoms with van der Waals surface area (Å²) >= 11 is 0. The molecule has 130 valence electrons. The lowest BCUT2D eigenvalue weighted by Crippen LogP contribution is -2.15. The highest BCUT2D eigenvalue weighted by atomic mass is 32.2. The van der Waals surface area contributed by atoms with Gasteiger partial charge in [-0.25, -0.2) is 12.8 Å². The van der Waals surface area contributed by atoms with Crippen molar-refractivity contribution >= 4 is 32.4 Å². The van der Waals surface area contributed by atoms with E-state index in [9.17, 15) is 12.8 Å². The highest BCUT2D eigenvalue weighted by molar-refractivity contribution is 7.92. The van der Waals surface area contributed by atoms with Gasteiger partial charge in [-0.2, -0.15) is 5.10 Å². The van der Waals surface area contributed by atoms with Crippen LogP contribution in [0.1, 0.15) is 6.92 Å². The number of nitrogens with one attached hydrogen (secondary N) is 2. The van der Waals surface area contributed by atoms with Crippen LogP contribution in [0.3, 0.4) is 0 Å². The van der Waals surface area contributed by atoms with E-state index in [2.05, 4.69) is 14.9 Å². The molecule has 3 rings (SSSR count). The zero-order chi connectivity index (χ0) is 18.0. The number of H-pyrrole nitrogens is 1. The van der Waals surface area contributed by atoms with Crippen LogP contribution in [-0.4, -0.2) is 24.4 Å². The number of nitrogens with zero attached hydrogens (tertiary/aromatic N) is 1. The Morgan fingerprint density at radius 1 is 1.24 bits per heavy atom. The predicted molar refractivity (Wildman–Crippen MR) is 98.1 cm³/mol. The Morgan fingerprint density at radius 3 is 2.64 bits per heavy atom. The lowest BCUT2D eigenvalue weighted by atomic mass is 10.0. The fourth-order valence-corrected chi connectivity index (χ4v) is 3.48. The number of aromatic nitrogens is 2. The van der Waals surface area contributed by atoms with Gasteiger partial charge >= 0.3 is 0 Å². The number of benzene rings is 2. The maximum Gasteiger partial charge on any atom is 0.236 e. The van der Waals surface area contributed by atoms with Gasteiger partial charge in [0.1, 0.15) is 5.52 Å². The highest BCUT2D eigenvalue weighted by Gasteiger charge is 2.14. The molecule has 4 N–H and O–H groups in total. The van der Waals surface area contributed by atoms with E-state index in [1.165, 1.54) is 0 Å². The minimum Gasteiger partial charge on any atom is -0.382 e. The van der Waals surface area contributed by atoms with Crippen LogP contribution < -0.4 is 10.5 Å². The molecule has 0 spiro atoms. The van der Waals surface area contributed by atoms with Crippen molar-refractivity contribution in [2.75, 3.05) is 16.2 Å². The first kappa shape index (κ1) is 17.0. The Hall–Kier alpha value is -2.87. The van der Waals surface area contributed by atoms with E-state index in [4.69, 9.17) is 5.73 Å². The van der Waals surface area contributed by atoms with Gasteiger partial charge in [0, 0.05) is 16.6 Å². The SMILES string of the molecule is C/C=C/CS(=O)(=O)Nc1ccc(-c2ccc3c(N)n[nH]c3c2F)cc1. The monoisotopic (exact) mass is 360 g/mol. The number of fused-ring (bicyclic) bond motifs is 1. The molecule has 0 aliphatic carbocycles. The van der Waals surface area contributed by atoms with Gasteiger partial charge in [0.2, 0.25) is 10.0 Å². The zero-order valence-corrected chi connectivity index (χ0v) is 14.3. The average Bonchev–Trinajstić information content (AvgIpc) is 2.96. The standard InChI is InChI=1S/C17H17FN4O2S/c1-2-3-10-25(23,24)22-12-6-4-11(5-7-12)13-8-9-14-16(15(13)18)20-21-17(14)19/h2-9,22H,10H2,1H3,(H3,19,20,21)/b3-2+. The molecule has 2 aromatic carbocycles. The second kappa shape index (κ2) is 6.56. The molecule has 0 radical (unpaired) electrons. The Bertz CT molecular complexity index is 1040. The van der Waals surface area contributed by atoms with Crippen LogP contribution in [0, 0.1) is 5.82 Å². The number of sulfonamides is 1. The van der Waals surface area contributed by atoms with Crippen molar-refractivity contribution in [3.8, 4) is 11.1 Å². The van der Waals surface area contributed by atoms with Crippen molar-refractivity contribution in [3.63, 3.8) is 0 Å². The van der Waals surface area contributed by atoms with Crippen LogP contribution in [0.15, 0.2) is 48.6 Å². The molecule has 0 fully saturated rings. The molecule has 3 aromatic rings. The van der Waals surface area contributed by atoms with Gasteiger partial charge in [0.15, 0.2) is 11.6 Å². The Morgan fingerprint density at radius 2 is 1.96 bits per heavy atom. The summed E-state index contributed by atoms with van der Waals surface area (Å²) in [4.78, 5) is 0. The topological polar surface area (TPSA) is 101 Å². The number of nitrogens with two attached hydrogens (primary N) is 1. The van der Waals surface area contributed by atoms with Crippen molar-refractivity contribution < 1.29 is 12.8 Å². The molecule has 0 aliphatic rings. The van der Waals surface area contributed by atoms with E-state index < -0.39 is 15.8 Å². The Kier molecular flexibility index (Phi) is 4.45. The third-order valence-electron chi connectivity index (χ3n) is 3.73. The van der Waals surface area contributed by atoms with Crippen molar-refractivity contribution in [1.82, 2.24) is 10.2 Å². The average molecular weight is 360 g/mol. The smallest absolute Gasteiger partial charge is 0.236 e. The van der Waals surface area contributed by atoms with Gasteiger partial charge in [-0.15, -0.1) is 0 Å². The fraction of sp³-hybridized carbons (Fsp3) is 0.118. The minimum atomic E-state index is -3.45. The summed E-state index contributed by atoms with van der Waals surface area (Å²) in [5.41, 5.74) is 7.32. The first-order valence-corrected chi connectivity index (χ1v) is 9.20. The molecular weight excluding hydrogens is 343 g/mol. The number of aromatic amines is 1. The maximum absolute atomic E-state index is 14.6. The van der Waals surface area contributed by atoms with E-state index in [1.54, 1.807) is 55.5 Å². The van der Waals surface area contributed by atoms with E-state index >= 15 is 0 Å². The molecule has 25 heavy (non-hydrogen) atoms. The van der Waals surface area contributed by atoms with Crippen LogP contribution in [-0.2, 0) is 10.0 Å². The number of hydrogen-bond donors (Lipinski definition) is 3. The molecule has 1 heterocycles. The van der Waals surface area contributed by atoms with Gasteiger partial charge in [-0.05, 0) is 30.7 Å². The van der Waals surface area contributed by atoms with Gasteiger partial charge in [0.05, 0.1) is 5.75 Å². The summed E-state index contributed by atoms with van der Waals surface area (Å²) in [7, 11) is -3.45. The van der Waals surface area contributed by atoms with E-state index in [-0.39, 0.29) is 17.1 Å². The molecule has 1 aromatic heterocycles. The molecule has 0 aliphatic heterocycles. The molecule has 0 saturated carbocycles. The Balaban J connectivity index is 1.89. The largest absolute Gasteiger partial charge is 0.382 e. The minimum absolute atomic E-state index is 0.0994. The molecule has 0 bridgehead atoms. The van der Waals surface area contributed by atoms with Crippen LogP contribution in [0.2, 0.25) is 0 Å². The van der Waals surface area contributed by atoms with E-state index in [1.807, 2.05) is 0 Å². The third-order valence-corrected chi connectivity index (χ3v) is 4.90. The van der Waals surface area contributed by atoms with Crippen molar-refractivity contribution in [2.45, 2.75) is 6.92 Å². The van der Waals surface area contributed by atoms with Gasteiger partial charge in [0.25, 0.3) is 0 Å². The highest BCUT2D eigenvalue weighted by Crippen LogP contribution is 2.30. The van der Waals surface area contributed by atoms with Gasteiger partial charge < -0.3 is 5.73 Å². The first-order valence-electron chi connectivity index (χ1n) is 7.55. The third kappa shape index (κ3) is 3.48. The lowest BCUT2D eigenvalue weighted by molar-refractivity contribution is 0.604. The second-order valence-electron chi connectivity index (χ2n) is 5.49. The van der Waals surface area contributed by atoms with E-state index in [0.717, 1.165) is 0 Å². The normalized spacial score (nSPS) is 12.1. The van der Waals surface area contributed by atoms with Crippen LogP contribution in [0.5, 0.6) is 0 Å². The molecule has 0 unspecified atom stereocenters. The summed E-state index contributed by atoms with van der Waals surface area (Å²) in [6, 6.07) is 9.80. The lowest BCUT2D eigenvalue weighted by Gasteiger charge is -2.08. The molecule has 6 nitrogen and oxygen atoms in total. The summed E-state index contributed by atoms with van der Waals surface area (Å²) in [5, 5.41) is 6.90. The first-order chi connectivity index (χ1) is 11.9. The zero-order valence-electron chi connectivity index (χ0n) is 13.5. The summed E-state index contributed by atoms with van der Waals surface area (Å²) < 4.78 is 40.8. The number of halogens is 1. The van der Waals surface area contributed by atoms with Gasteiger partial charge in [-0.3, -0.25) is 9.82 Å². The van der Waals surface area contributed by atoms with Crippen LogP contribution >= 0.6 is 0 Å². The number of hydrogen-bond acceptors (Lipinski definition) is 4. The number of anilines is 2. The Labute approximate surface area is 144 Å². The fourth-order valence-electron chi connectivity index (χ4n) is 2.46. The number of rotatable bonds is 5. The van der Waals surface area contributed by atoms with Crippen molar-refractivity contribution in [2.24, 2.45) is 0 Å². The predicted octanol–water partition coefficient (Wildman–Crippen LogP) is 3.27. The molecule has 0 atom stereocenters. The number of allylic oxidation sites excluding steroid dienone is 1. The maximum atomic E-state index is 14.6. The van der Waals surface area contributed by atoms with Crippen LogP contribution in [0.25, 0.3) is 22.0 Å². The van der Waals surface area contributed by atoms with Gasteiger partial charge in [-0.1, -0.05) is 30.4 Å². The van der Waals surface area contributed by atoms with Crippen LogP contribution in [0.4, 0.5) is 15.9 Å². The molecule has 0 saturated heterocycles.